The Morgan fingerprint density at radius 3 is 2.80 bits per heavy atom. The number of anilines is 2. The number of ether oxygens (including phenoxy) is 2. The maximum absolute atomic E-state index is 14.1. The van der Waals surface area contributed by atoms with E-state index in [1.807, 2.05) is 0 Å². The number of hydrogen-bond donors (Lipinski definition) is 2. The lowest BCUT2D eigenvalue weighted by Crippen LogP contribution is -2.28. The van der Waals surface area contributed by atoms with Crippen molar-refractivity contribution in [2.24, 2.45) is 0 Å². The average Bonchev–Trinajstić information content (AvgIpc) is 3.23. The Hall–Kier alpha value is -3.29. The van der Waals surface area contributed by atoms with Gasteiger partial charge in [-0.3, -0.25) is 9.69 Å². The number of urea groups is 1. The van der Waals surface area contributed by atoms with Gasteiger partial charge in [0, 0.05) is 30.5 Å². The third-order valence-corrected chi connectivity index (χ3v) is 3.99. The van der Waals surface area contributed by atoms with Gasteiger partial charge in [0.05, 0.1) is 5.56 Å². The Bertz CT molecular complexity index is 871. The lowest BCUT2D eigenvalue weighted by atomic mass is 10.1. The number of fused-ring (bicyclic) bond motifs is 1. The fourth-order valence-electron chi connectivity index (χ4n) is 2.75. The molecule has 1 fully saturated rings. The molecule has 2 aromatic carbocycles. The van der Waals surface area contributed by atoms with E-state index in [1.165, 1.54) is 23.1 Å². The monoisotopic (exact) mass is 343 g/mol. The maximum Gasteiger partial charge on any atom is 0.321 e. The molecule has 0 aliphatic carbocycles. The largest absolute Gasteiger partial charge is 0.454 e. The van der Waals surface area contributed by atoms with Crippen molar-refractivity contribution in [3.05, 3.63) is 47.8 Å². The average molecular weight is 343 g/mol. The lowest BCUT2D eigenvalue weighted by Gasteiger charge is -2.15. The molecule has 2 heterocycles. The number of carbonyl (C=O) groups is 2. The van der Waals surface area contributed by atoms with Gasteiger partial charge in [0.1, 0.15) is 5.82 Å². The summed E-state index contributed by atoms with van der Waals surface area (Å²) in [5.41, 5.74) is 0.778. The SMILES string of the molecule is O=C(Nc1ccc2c(c1)OCO2)c1cc(N2CCNC2=O)ccc1F. The second-order valence-corrected chi connectivity index (χ2v) is 5.57. The van der Waals surface area contributed by atoms with Crippen LogP contribution in [-0.2, 0) is 0 Å². The first-order valence-corrected chi connectivity index (χ1v) is 7.68. The minimum atomic E-state index is -0.665. The molecule has 0 atom stereocenters. The van der Waals surface area contributed by atoms with Crippen molar-refractivity contribution in [3.8, 4) is 11.5 Å². The maximum atomic E-state index is 14.1. The molecule has 25 heavy (non-hydrogen) atoms. The van der Waals surface area contributed by atoms with Gasteiger partial charge in [-0.15, -0.1) is 0 Å². The smallest absolute Gasteiger partial charge is 0.321 e. The van der Waals surface area contributed by atoms with Crippen LogP contribution in [-0.4, -0.2) is 31.8 Å². The van der Waals surface area contributed by atoms with Gasteiger partial charge in [-0.25, -0.2) is 9.18 Å². The topological polar surface area (TPSA) is 79.9 Å². The first kappa shape index (κ1) is 15.3. The van der Waals surface area contributed by atoms with E-state index < -0.39 is 11.7 Å². The number of amides is 3. The van der Waals surface area contributed by atoms with E-state index in [9.17, 15) is 14.0 Å². The zero-order valence-corrected chi connectivity index (χ0v) is 13.0. The van der Waals surface area contributed by atoms with Crippen LogP contribution in [0.25, 0.3) is 0 Å². The first-order valence-electron chi connectivity index (χ1n) is 7.68. The standard InChI is InChI=1S/C17H14FN3O4/c18-13-3-2-11(21-6-5-19-17(21)23)8-12(13)16(22)20-10-1-4-14-15(7-10)25-9-24-14/h1-4,7-8H,5-6,9H2,(H,19,23)(H,20,22). The Morgan fingerprint density at radius 1 is 1.16 bits per heavy atom. The molecule has 4 rings (SSSR count). The summed E-state index contributed by atoms with van der Waals surface area (Å²) in [6.07, 6.45) is 0. The van der Waals surface area contributed by atoms with Gasteiger partial charge in [0.2, 0.25) is 6.79 Å². The highest BCUT2D eigenvalue weighted by molar-refractivity contribution is 6.06. The van der Waals surface area contributed by atoms with E-state index in [4.69, 9.17) is 9.47 Å². The highest BCUT2D eigenvalue weighted by Crippen LogP contribution is 2.34. The summed E-state index contributed by atoms with van der Waals surface area (Å²) in [7, 11) is 0. The molecule has 1 saturated heterocycles. The van der Waals surface area contributed by atoms with Gasteiger partial charge in [0.25, 0.3) is 5.91 Å². The summed E-state index contributed by atoms with van der Waals surface area (Å²) in [6, 6.07) is 8.65. The highest BCUT2D eigenvalue weighted by atomic mass is 19.1. The van der Waals surface area contributed by atoms with Crippen molar-refractivity contribution in [1.29, 1.82) is 0 Å². The molecule has 0 aromatic heterocycles. The van der Waals surface area contributed by atoms with Crippen LogP contribution in [0.2, 0.25) is 0 Å². The summed E-state index contributed by atoms with van der Waals surface area (Å²) in [5.74, 6) is -0.175. The zero-order valence-electron chi connectivity index (χ0n) is 13.0. The summed E-state index contributed by atoms with van der Waals surface area (Å²) in [4.78, 5) is 25.6. The van der Waals surface area contributed by atoms with Crippen LogP contribution < -0.4 is 25.0 Å². The molecule has 8 heteroatoms. The van der Waals surface area contributed by atoms with E-state index in [2.05, 4.69) is 10.6 Å². The minimum absolute atomic E-state index is 0.126. The fraction of sp³-hybridized carbons (Fsp3) is 0.176. The van der Waals surface area contributed by atoms with Gasteiger partial charge < -0.3 is 20.1 Å². The third kappa shape index (κ3) is 2.82. The number of nitrogens with zero attached hydrogens (tertiary/aromatic N) is 1. The third-order valence-electron chi connectivity index (χ3n) is 3.99. The van der Waals surface area contributed by atoms with Crippen LogP contribution in [0.1, 0.15) is 10.4 Å². The predicted molar refractivity (Wildman–Crippen MR) is 87.7 cm³/mol. The van der Waals surface area contributed by atoms with Crippen LogP contribution in [0.5, 0.6) is 11.5 Å². The van der Waals surface area contributed by atoms with Crippen LogP contribution in [0.4, 0.5) is 20.6 Å². The lowest BCUT2D eigenvalue weighted by molar-refractivity contribution is 0.102. The van der Waals surface area contributed by atoms with Crippen molar-refractivity contribution in [2.75, 3.05) is 30.1 Å². The van der Waals surface area contributed by atoms with Crippen molar-refractivity contribution in [2.45, 2.75) is 0 Å². The quantitative estimate of drug-likeness (QED) is 0.896. The van der Waals surface area contributed by atoms with E-state index in [1.54, 1.807) is 18.2 Å². The van der Waals surface area contributed by atoms with Gasteiger partial charge in [-0.2, -0.15) is 0 Å². The van der Waals surface area contributed by atoms with Gasteiger partial charge in [0.15, 0.2) is 11.5 Å². The molecular formula is C17H14FN3O4. The van der Waals surface area contributed by atoms with Crippen molar-refractivity contribution in [3.63, 3.8) is 0 Å². The van der Waals surface area contributed by atoms with E-state index >= 15 is 0 Å². The Balaban J connectivity index is 1.58. The Morgan fingerprint density at radius 2 is 2.00 bits per heavy atom. The summed E-state index contributed by atoms with van der Waals surface area (Å²) in [5, 5.41) is 5.29. The van der Waals surface area contributed by atoms with Crippen molar-refractivity contribution >= 4 is 23.3 Å². The molecular weight excluding hydrogens is 329 g/mol. The van der Waals surface area contributed by atoms with E-state index in [0.717, 1.165) is 0 Å². The second kappa shape index (κ2) is 5.97. The van der Waals surface area contributed by atoms with E-state index in [0.29, 0.717) is 36.0 Å². The number of nitrogens with one attached hydrogen (secondary N) is 2. The molecule has 0 unspecified atom stereocenters. The first-order chi connectivity index (χ1) is 12.1. The van der Waals surface area contributed by atoms with E-state index in [-0.39, 0.29) is 18.4 Å². The number of hydrogen-bond acceptors (Lipinski definition) is 4. The summed E-state index contributed by atoms with van der Waals surface area (Å²) >= 11 is 0. The normalized spacial score (nSPS) is 15.2. The van der Waals surface area contributed by atoms with Crippen LogP contribution in [0.15, 0.2) is 36.4 Å². The number of rotatable bonds is 3. The highest BCUT2D eigenvalue weighted by Gasteiger charge is 2.23. The summed E-state index contributed by atoms with van der Waals surface area (Å²) < 4.78 is 24.6. The van der Waals surface area contributed by atoms with Crippen LogP contribution >= 0.6 is 0 Å². The molecule has 0 radical (unpaired) electrons. The second-order valence-electron chi connectivity index (χ2n) is 5.57. The number of halogens is 1. The molecule has 0 spiro atoms. The van der Waals surface area contributed by atoms with Crippen LogP contribution in [0, 0.1) is 5.82 Å². The molecule has 0 bridgehead atoms. The molecule has 7 nitrogen and oxygen atoms in total. The Kier molecular flexibility index (Phi) is 3.64. The van der Waals surface area contributed by atoms with Crippen molar-refractivity contribution < 1.29 is 23.5 Å². The molecule has 2 aliphatic rings. The molecule has 2 N–H and O–H groups in total. The molecule has 3 amide bonds. The number of carbonyl (C=O) groups excluding carboxylic acids is 2. The fourth-order valence-corrected chi connectivity index (χ4v) is 2.75. The van der Waals surface area contributed by atoms with Gasteiger partial charge in [-0.05, 0) is 30.3 Å². The minimum Gasteiger partial charge on any atom is -0.454 e. The molecule has 0 saturated carbocycles. The molecule has 2 aromatic rings. The van der Waals surface area contributed by atoms with Gasteiger partial charge >= 0.3 is 6.03 Å². The summed E-state index contributed by atoms with van der Waals surface area (Å²) in [6.45, 7) is 1.10. The number of benzene rings is 2. The molecule has 128 valence electrons. The predicted octanol–water partition coefficient (Wildman–Crippen LogP) is 2.34. The molecule has 2 aliphatic heterocycles. The zero-order chi connectivity index (χ0) is 17.4. The Labute approximate surface area is 142 Å². The van der Waals surface area contributed by atoms with Crippen molar-refractivity contribution in [1.82, 2.24) is 5.32 Å². The van der Waals surface area contributed by atoms with Gasteiger partial charge in [-0.1, -0.05) is 0 Å². The van der Waals surface area contributed by atoms with Crippen LogP contribution in [0.3, 0.4) is 0 Å².